The van der Waals surface area contributed by atoms with Gasteiger partial charge in [-0.3, -0.25) is 9.97 Å². The fraction of sp³-hybridized carbons (Fsp3) is 0.273. The number of hydrogen-bond acceptors (Lipinski definition) is 5. The lowest BCUT2D eigenvalue weighted by Crippen LogP contribution is -2.33. The van der Waals surface area contributed by atoms with E-state index in [9.17, 15) is 9.59 Å². The van der Waals surface area contributed by atoms with Crippen LogP contribution >= 0.6 is 0 Å². The van der Waals surface area contributed by atoms with Crippen LogP contribution in [0.25, 0.3) is 10.8 Å². The van der Waals surface area contributed by atoms with Crippen molar-refractivity contribution in [3.05, 3.63) is 66.2 Å². The third kappa shape index (κ3) is 5.02. The molecule has 8 nitrogen and oxygen atoms in total. The van der Waals surface area contributed by atoms with Crippen LogP contribution in [-0.4, -0.2) is 34.7 Å². The molecular weight excluding hydrogens is 382 g/mol. The fourth-order valence-electron chi connectivity index (χ4n) is 3.17. The summed E-state index contributed by atoms with van der Waals surface area (Å²) in [7, 11) is 0. The Labute approximate surface area is 175 Å². The topological polar surface area (TPSA) is 105 Å². The van der Waals surface area contributed by atoms with Crippen LogP contribution in [0.2, 0.25) is 0 Å². The smallest absolute Gasteiger partial charge is 0.408 e. The average molecular weight is 407 g/mol. The Kier molecular flexibility index (Phi) is 6.79. The normalized spacial score (nSPS) is 11.7. The van der Waals surface area contributed by atoms with E-state index in [-0.39, 0.29) is 12.1 Å². The van der Waals surface area contributed by atoms with Crippen LogP contribution in [0.4, 0.5) is 15.3 Å². The molecule has 1 unspecified atom stereocenters. The lowest BCUT2D eigenvalue weighted by molar-refractivity contribution is 0.113. The highest BCUT2D eigenvalue weighted by atomic mass is 16.6. The molecule has 2 heterocycles. The number of pyridine rings is 2. The van der Waals surface area contributed by atoms with Crippen LogP contribution in [0, 0.1) is 0 Å². The number of anilines is 1. The van der Waals surface area contributed by atoms with E-state index in [4.69, 9.17) is 4.74 Å². The molecule has 30 heavy (non-hydrogen) atoms. The fourth-order valence-corrected chi connectivity index (χ4v) is 3.17. The van der Waals surface area contributed by atoms with Crippen molar-refractivity contribution < 1.29 is 14.3 Å². The van der Waals surface area contributed by atoms with Gasteiger partial charge in [-0.15, -0.1) is 0 Å². The van der Waals surface area contributed by atoms with Gasteiger partial charge in [0.15, 0.2) is 0 Å². The standard InChI is InChI=1S/C22H25N5O3/c1-4-25-21(28)26-19-13-24-11-9-17(19)20(27-22(29)30-14(2)3)16-7-5-6-15-8-10-23-12-18(15)16/h5-14,20H,4H2,1-3H3,(H,27,29)(H2,25,26,28). The number of amides is 3. The quantitative estimate of drug-likeness (QED) is 0.573. The van der Waals surface area contributed by atoms with E-state index in [1.165, 1.54) is 0 Å². The van der Waals surface area contributed by atoms with Crippen LogP contribution < -0.4 is 16.0 Å². The highest BCUT2D eigenvalue weighted by Gasteiger charge is 2.24. The Bertz CT molecular complexity index is 1030. The van der Waals surface area contributed by atoms with Crippen molar-refractivity contribution in [2.24, 2.45) is 0 Å². The van der Waals surface area contributed by atoms with E-state index < -0.39 is 12.1 Å². The molecule has 0 saturated carbocycles. The zero-order valence-corrected chi connectivity index (χ0v) is 17.2. The zero-order valence-electron chi connectivity index (χ0n) is 17.2. The lowest BCUT2D eigenvalue weighted by Gasteiger charge is -2.24. The molecule has 3 amide bonds. The van der Waals surface area contributed by atoms with E-state index in [1.54, 1.807) is 44.7 Å². The maximum Gasteiger partial charge on any atom is 0.408 e. The summed E-state index contributed by atoms with van der Waals surface area (Å²) in [5.74, 6) is 0. The number of benzene rings is 1. The summed E-state index contributed by atoms with van der Waals surface area (Å²) in [6.07, 6.45) is 5.81. The minimum Gasteiger partial charge on any atom is -0.447 e. The van der Waals surface area contributed by atoms with Gasteiger partial charge in [-0.1, -0.05) is 18.2 Å². The van der Waals surface area contributed by atoms with E-state index >= 15 is 0 Å². The number of ether oxygens (including phenoxy) is 1. The third-order valence-corrected chi connectivity index (χ3v) is 4.38. The Balaban J connectivity index is 2.09. The molecule has 0 aliphatic heterocycles. The van der Waals surface area contributed by atoms with Crippen LogP contribution in [0.15, 0.2) is 55.1 Å². The number of hydrogen-bond donors (Lipinski definition) is 3. The van der Waals surface area contributed by atoms with Crippen molar-refractivity contribution in [3.63, 3.8) is 0 Å². The first-order valence-electron chi connectivity index (χ1n) is 9.78. The molecule has 0 aliphatic rings. The predicted molar refractivity (Wildman–Crippen MR) is 115 cm³/mol. The number of aromatic nitrogens is 2. The van der Waals surface area contributed by atoms with Gasteiger partial charge in [0.25, 0.3) is 0 Å². The van der Waals surface area contributed by atoms with Crippen molar-refractivity contribution in [2.75, 3.05) is 11.9 Å². The molecule has 1 aromatic carbocycles. The Hall–Kier alpha value is -3.68. The minimum absolute atomic E-state index is 0.273. The molecular formula is C22H25N5O3. The number of fused-ring (bicyclic) bond motifs is 1. The predicted octanol–water partition coefficient (Wildman–Crippen LogP) is 4.00. The molecule has 3 aromatic rings. The molecule has 0 aliphatic carbocycles. The van der Waals surface area contributed by atoms with Crippen LogP contribution in [0.3, 0.4) is 0 Å². The van der Waals surface area contributed by atoms with Crippen molar-refractivity contribution >= 4 is 28.6 Å². The number of urea groups is 1. The van der Waals surface area contributed by atoms with Crippen molar-refractivity contribution in [1.82, 2.24) is 20.6 Å². The summed E-state index contributed by atoms with van der Waals surface area (Å²) >= 11 is 0. The van der Waals surface area contributed by atoms with Crippen molar-refractivity contribution in [1.29, 1.82) is 0 Å². The van der Waals surface area contributed by atoms with Gasteiger partial charge in [-0.05, 0) is 43.9 Å². The highest BCUT2D eigenvalue weighted by molar-refractivity contribution is 5.91. The first-order valence-corrected chi connectivity index (χ1v) is 9.78. The molecule has 0 spiro atoms. The highest BCUT2D eigenvalue weighted by Crippen LogP contribution is 2.32. The minimum atomic E-state index is -0.593. The second kappa shape index (κ2) is 9.69. The zero-order chi connectivity index (χ0) is 21.5. The number of nitrogens with zero attached hydrogens (tertiary/aromatic N) is 2. The average Bonchev–Trinajstić information content (AvgIpc) is 2.72. The monoisotopic (exact) mass is 407 g/mol. The van der Waals surface area contributed by atoms with E-state index in [0.717, 1.165) is 16.3 Å². The van der Waals surface area contributed by atoms with E-state index in [2.05, 4.69) is 25.9 Å². The van der Waals surface area contributed by atoms with E-state index in [1.807, 2.05) is 31.2 Å². The molecule has 156 valence electrons. The molecule has 1 atom stereocenters. The van der Waals surface area contributed by atoms with Gasteiger partial charge in [0.05, 0.1) is 24.0 Å². The molecule has 0 saturated heterocycles. The van der Waals surface area contributed by atoms with E-state index in [0.29, 0.717) is 17.8 Å². The van der Waals surface area contributed by atoms with Crippen LogP contribution in [0.5, 0.6) is 0 Å². The molecule has 0 fully saturated rings. The van der Waals surface area contributed by atoms with Crippen LogP contribution in [0.1, 0.15) is 37.9 Å². The molecule has 0 bridgehead atoms. The molecule has 0 radical (unpaired) electrons. The summed E-state index contributed by atoms with van der Waals surface area (Å²) in [4.78, 5) is 33.0. The number of nitrogens with one attached hydrogen (secondary N) is 3. The molecule has 3 N–H and O–H groups in total. The second-order valence-electron chi connectivity index (χ2n) is 6.92. The summed E-state index contributed by atoms with van der Waals surface area (Å²) in [6.45, 7) is 5.88. The number of carbonyl (C=O) groups excluding carboxylic acids is 2. The Morgan fingerprint density at radius 2 is 1.80 bits per heavy atom. The molecule has 8 heteroatoms. The van der Waals surface area contributed by atoms with Gasteiger partial charge in [0.1, 0.15) is 0 Å². The third-order valence-electron chi connectivity index (χ3n) is 4.38. The maximum atomic E-state index is 12.5. The molecule has 3 rings (SSSR count). The molecule has 2 aromatic heterocycles. The van der Waals surface area contributed by atoms with Gasteiger partial charge < -0.3 is 20.7 Å². The SMILES string of the molecule is CCNC(=O)Nc1cnccc1C(NC(=O)OC(C)C)c1cccc2ccncc12. The summed E-state index contributed by atoms with van der Waals surface area (Å²) in [5.41, 5.74) is 1.99. The second-order valence-corrected chi connectivity index (χ2v) is 6.92. The first kappa shape index (κ1) is 21.0. The number of alkyl carbamates (subject to hydrolysis) is 1. The number of carbonyl (C=O) groups is 2. The van der Waals surface area contributed by atoms with Crippen molar-refractivity contribution in [2.45, 2.75) is 32.9 Å². The maximum absolute atomic E-state index is 12.5. The van der Waals surface area contributed by atoms with Gasteiger partial charge in [-0.2, -0.15) is 0 Å². The summed E-state index contributed by atoms with van der Waals surface area (Å²) < 4.78 is 5.31. The van der Waals surface area contributed by atoms with Crippen molar-refractivity contribution in [3.8, 4) is 0 Å². The Morgan fingerprint density at radius 3 is 2.57 bits per heavy atom. The lowest BCUT2D eigenvalue weighted by atomic mass is 9.94. The van der Waals surface area contributed by atoms with Gasteiger partial charge >= 0.3 is 12.1 Å². The summed E-state index contributed by atoms with van der Waals surface area (Å²) in [5, 5.41) is 10.3. The Morgan fingerprint density at radius 1 is 1.03 bits per heavy atom. The summed E-state index contributed by atoms with van der Waals surface area (Å²) in [6, 6.07) is 8.53. The number of rotatable bonds is 6. The first-order chi connectivity index (χ1) is 14.5. The van der Waals surface area contributed by atoms with Gasteiger partial charge in [0, 0.05) is 36.1 Å². The van der Waals surface area contributed by atoms with Crippen LogP contribution in [-0.2, 0) is 4.74 Å². The van der Waals surface area contributed by atoms with Gasteiger partial charge in [-0.25, -0.2) is 9.59 Å². The van der Waals surface area contributed by atoms with Gasteiger partial charge in [0.2, 0.25) is 0 Å². The largest absolute Gasteiger partial charge is 0.447 e.